The first-order chi connectivity index (χ1) is 17.7. The van der Waals surface area contributed by atoms with E-state index in [1.165, 1.54) is 0 Å². The molecular formula is C28H46N4O2S4. The number of hydrogen-bond acceptors (Lipinski definition) is 6. The number of carbonyl (C=O) groups excluding carboxylic acids is 2. The molecule has 0 atom stereocenters. The molecule has 0 radical (unpaired) electrons. The van der Waals surface area contributed by atoms with Crippen molar-refractivity contribution < 1.29 is 9.59 Å². The zero-order valence-electron chi connectivity index (χ0n) is 24.1. The molecule has 0 aromatic rings. The van der Waals surface area contributed by atoms with E-state index < -0.39 is 0 Å². The first-order valence-corrected chi connectivity index (χ1v) is 15.5. The lowest BCUT2D eigenvalue weighted by atomic mass is 9.82. The molecule has 2 saturated heterocycles. The van der Waals surface area contributed by atoms with E-state index in [1.54, 1.807) is 9.80 Å². The van der Waals surface area contributed by atoms with Gasteiger partial charge in [-0.3, -0.25) is 19.4 Å². The number of nitrogens with zero attached hydrogens (tertiary/aromatic N) is 4. The summed E-state index contributed by atoms with van der Waals surface area (Å²) in [6.45, 7) is 16.7. The van der Waals surface area contributed by atoms with Gasteiger partial charge >= 0.3 is 0 Å². The van der Waals surface area contributed by atoms with Gasteiger partial charge in [0.25, 0.3) is 0 Å². The van der Waals surface area contributed by atoms with Gasteiger partial charge in [0.15, 0.2) is 10.2 Å². The Kier molecular flexibility index (Phi) is 12.6. The SMILES string of the molecule is CCN1CC(=O)N(CCC(C)(C)CCC(=S)CCC(=S)CCC(C)(C)CCN2C(=O)CN(CC)C2=S)C1=S. The molecule has 2 heterocycles. The first-order valence-electron chi connectivity index (χ1n) is 13.9. The Morgan fingerprint density at radius 3 is 1.29 bits per heavy atom. The van der Waals surface area contributed by atoms with Gasteiger partial charge < -0.3 is 9.80 Å². The fourth-order valence-corrected chi connectivity index (χ4v) is 5.87. The van der Waals surface area contributed by atoms with Crippen molar-refractivity contribution in [2.75, 3.05) is 39.3 Å². The van der Waals surface area contributed by atoms with Gasteiger partial charge in [-0.2, -0.15) is 0 Å². The lowest BCUT2D eigenvalue weighted by Crippen LogP contribution is -2.35. The van der Waals surface area contributed by atoms with Crippen LogP contribution in [0.4, 0.5) is 0 Å². The highest BCUT2D eigenvalue weighted by atomic mass is 32.1. The van der Waals surface area contributed by atoms with Crippen LogP contribution in [-0.2, 0) is 9.59 Å². The van der Waals surface area contributed by atoms with E-state index in [2.05, 4.69) is 27.7 Å². The number of amides is 2. The number of carbonyl (C=O) groups is 2. The second-order valence-electron chi connectivity index (χ2n) is 12.1. The van der Waals surface area contributed by atoms with Gasteiger partial charge in [0.05, 0.1) is 13.1 Å². The van der Waals surface area contributed by atoms with E-state index in [-0.39, 0.29) is 22.6 Å². The monoisotopic (exact) mass is 598 g/mol. The van der Waals surface area contributed by atoms with Crippen LogP contribution in [0.25, 0.3) is 0 Å². The molecule has 6 nitrogen and oxygen atoms in total. The van der Waals surface area contributed by atoms with E-state index in [4.69, 9.17) is 48.9 Å². The second kappa shape index (κ2) is 14.5. The molecule has 0 aliphatic carbocycles. The fraction of sp³-hybridized carbons (Fsp3) is 0.786. The summed E-state index contributed by atoms with van der Waals surface area (Å²) in [5.74, 6) is 0.215. The zero-order valence-corrected chi connectivity index (χ0v) is 27.4. The summed E-state index contributed by atoms with van der Waals surface area (Å²) >= 11 is 22.3. The molecule has 2 aliphatic heterocycles. The Morgan fingerprint density at radius 2 is 1.00 bits per heavy atom. The topological polar surface area (TPSA) is 47.1 Å². The fourth-order valence-electron chi connectivity index (χ4n) is 4.69. The highest BCUT2D eigenvalue weighted by Crippen LogP contribution is 2.30. The molecule has 0 bridgehead atoms. The Balaban J connectivity index is 1.66. The van der Waals surface area contributed by atoms with Crippen LogP contribution in [0.2, 0.25) is 0 Å². The summed E-state index contributed by atoms with van der Waals surface area (Å²) in [6, 6.07) is 0. The highest BCUT2D eigenvalue weighted by Gasteiger charge is 2.34. The molecule has 0 aromatic heterocycles. The minimum atomic E-state index is 0.0807. The highest BCUT2D eigenvalue weighted by molar-refractivity contribution is 7.81. The Labute approximate surface area is 251 Å². The minimum absolute atomic E-state index is 0.0807. The third-order valence-electron chi connectivity index (χ3n) is 7.89. The molecule has 0 aromatic carbocycles. The molecule has 2 rings (SSSR count). The number of hydrogen-bond donors (Lipinski definition) is 0. The molecule has 38 heavy (non-hydrogen) atoms. The quantitative estimate of drug-likeness (QED) is 0.195. The second-order valence-corrected chi connectivity index (χ2v) is 14.0. The molecule has 0 N–H and O–H groups in total. The zero-order chi connectivity index (χ0) is 28.7. The van der Waals surface area contributed by atoms with Gasteiger partial charge in [0.2, 0.25) is 11.8 Å². The summed E-state index contributed by atoms with van der Waals surface area (Å²) in [4.78, 5) is 34.2. The average molecular weight is 599 g/mol. The predicted molar refractivity (Wildman–Crippen MR) is 173 cm³/mol. The van der Waals surface area contributed by atoms with Crippen molar-refractivity contribution in [3.63, 3.8) is 0 Å². The molecule has 10 heteroatoms. The van der Waals surface area contributed by atoms with Crippen LogP contribution in [0.3, 0.4) is 0 Å². The molecule has 2 aliphatic rings. The van der Waals surface area contributed by atoms with Crippen molar-refractivity contribution >= 4 is 80.6 Å². The maximum atomic E-state index is 12.3. The summed E-state index contributed by atoms with van der Waals surface area (Å²) in [7, 11) is 0. The largest absolute Gasteiger partial charge is 0.340 e. The predicted octanol–water partition coefficient (Wildman–Crippen LogP) is 5.80. The molecular weight excluding hydrogens is 553 g/mol. The molecule has 2 fully saturated rings. The Bertz CT molecular complexity index is 860. The van der Waals surface area contributed by atoms with Crippen LogP contribution in [0.5, 0.6) is 0 Å². The summed E-state index contributed by atoms with van der Waals surface area (Å²) in [6.07, 6.45) is 7.29. The number of thiocarbonyl (C=S) groups is 4. The van der Waals surface area contributed by atoms with E-state index in [0.717, 1.165) is 74.2 Å². The van der Waals surface area contributed by atoms with E-state index in [1.807, 2.05) is 23.6 Å². The van der Waals surface area contributed by atoms with Crippen LogP contribution in [0, 0.1) is 10.8 Å². The Hall–Kier alpha value is -1.10. The van der Waals surface area contributed by atoms with E-state index >= 15 is 0 Å². The molecule has 214 valence electrons. The molecule has 0 saturated carbocycles. The maximum Gasteiger partial charge on any atom is 0.248 e. The van der Waals surface area contributed by atoms with Crippen molar-refractivity contribution in [2.45, 2.75) is 92.9 Å². The lowest BCUT2D eigenvalue weighted by molar-refractivity contribution is -0.126. The van der Waals surface area contributed by atoms with Crippen LogP contribution in [0.1, 0.15) is 92.9 Å². The minimum Gasteiger partial charge on any atom is -0.340 e. The maximum absolute atomic E-state index is 12.3. The van der Waals surface area contributed by atoms with Crippen molar-refractivity contribution in [2.24, 2.45) is 10.8 Å². The molecule has 0 spiro atoms. The number of likely N-dealkylation sites (N-methyl/N-ethyl adjacent to an activating group) is 2. The first kappa shape index (κ1) is 33.1. The summed E-state index contributed by atoms with van der Waals surface area (Å²) in [5, 5.41) is 1.33. The van der Waals surface area contributed by atoms with Gasteiger partial charge in [-0.25, -0.2) is 0 Å². The standard InChI is InChI=1S/C28H46N4O2S4/c1-7-29-19-23(33)31(25(29)37)17-15-27(3,4)13-11-21(35)9-10-22(36)12-14-28(5,6)16-18-32-24(34)20-30(8-2)26(32)38/h7-20H2,1-6H3. The smallest absolute Gasteiger partial charge is 0.248 e. The van der Waals surface area contributed by atoms with E-state index in [9.17, 15) is 9.59 Å². The van der Waals surface area contributed by atoms with E-state index in [0.29, 0.717) is 36.4 Å². The van der Waals surface area contributed by atoms with Gasteiger partial charge in [-0.15, -0.1) is 0 Å². The van der Waals surface area contributed by atoms with Crippen LogP contribution >= 0.6 is 48.9 Å². The average Bonchev–Trinajstić information content (AvgIpc) is 3.30. The van der Waals surface area contributed by atoms with Crippen molar-refractivity contribution in [3.8, 4) is 0 Å². The normalized spacial score (nSPS) is 16.9. The molecule has 0 unspecified atom stereocenters. The summed E-state index contributed by atoms with van der Waals surface area (Å²) in [5.41, 5.74) is 0.161. The van der Waals surface area contributed by atoms with Crippen molar-refractivity contribution in [1.82, 2.24) is 19.6 Å². The lowest BCUT2D eigenvalue weighted by Gasteiger charge is -2.28. The van der Waals surface area contributed by atoms with Crippen molar-refractivity contribution in [3.05, 3.63) is 0 Å². The van der Waals surface area contributed by atoms with Crippen LogP contribution in [0.15, 0.2) is 0 Å². The van der Waals surface area contributed by atoms with Gasteiger partial charge in [0, 0.05) is 26.2 Å². The third-order valence-corrected chi connectivity index (χ3v) is 9.66. The van der Waals surface area contributed by atoms with Gasteiger partial charge in [-0.05, 0) is 110 Å². The van der Waals surface area contributed by atoms with Gasteiger partial charge in [-0.1, -0.05) is 52.1 Å². The van der Waals surface area contributed by atoms with Crippen LogP contribution < -0.4 is 0 Å². The van der Waals surface area contributed by atoms with Crippen molar-refractivity contribution in [1.29, 1.82) is 0 Å². The Morgan fingerprint density at radius 1 is 0.658 bits per heavy atom. The molecule has 2 amide bonds. The third kappa shape index (κ3) is 9.82. The summed E-state index contributed by atoms with van der Waals surface area (Å²) < 4.78 is 0. The van der Waals surface area contributed by atoms with Crippen LogP contribution in [-0.4, -0.2) is 90.6 Å². The van der Waals surface area contributed by atoms with Gasteiger partial charge in [0.1, 0.15) is 0 Å². The number of rotatable bonds is 17.